The summed E-state index contributed by atoms with van der Waals surface area (Å²) >= 11 is 1.71. The maximum atomic E-state index is 12.7. The molecule has 4 rings (SSSR count). The largest absolute Gasteiger partial charge is 0.497 e. The fourth-order valence-electron chi connectivity index (χ4n) is 4.05. The van der Waals surface area contributed by atoms with Crippen LogP contribution in [0.25, 0.3) is 0 Å². The lowest BCUT2D eigenvalue weighted by atomic mass is 9.90. The number of piperazine rings is 1. The third-order valence-corrected chi connectivity index (χ3v) is 7.08. The summed E-state index contributed by atoms with van der Waals surface area (Å²) in [4.78, 5) is 34.5. The SMILES string of the molecule is COc1cccc(CNC(=O)[C@@H]2CCc3nc(N4CCN(C(C)=O)CC4)sc3C2)c1. The van der Waals surface area contributed by atoms with Crippen LogP contribution in [0.4, 0.5) is 5.13 Å². The summed E-state index contributed by atoms with van der Waals surface area (Å²) in [6, 6.07) is 7.77. The molecule has 0 bridgehead atoms. The van der Waals surface area contributed by atoms with Gasteiger partial charge in [-0.05, 0) is 37.0 Å². The molecule has 1 aliphatic heterocycles. The molecule has 30 heavy (non-hydrogen) atoms. The Morgan fingerprint density at radius 1 is 1.27 bits per heavy atom. The minimum Gasteiger partial charge on any atom is -0.497 e. The second kappa shape index (κ2) is 9.04. The van der Waals surface area contributed by atoms with Crippen LogP contribution in [-0.4, -0.2) is 55.0 Å². The van der Waals surface area contributed by atoms with Crippen molar-refractivity contribution in [2.24, 2.45) is 5.92 Å². The molecule has 1 fully saturated rings. The zero-order chi connectivity index (χ0) is 21.1. The number of thiazole rings is 1. The lowest BCUT2D eigenvalue weighted by Crippen LogP contribution is -2.48. The van der Waals surface area contributed by atoms with E-state index in [0.29, 0.717) is 6.54 Å². The predicted octanol–water partition coefficient (Wildman–Crippen LogP) is 2.24. The highest BCUT2D eigenvalue weighted by Crippen LogP contribution is 2.34. The fraction of sp³-hybridized carbons (Fsp3) is 0.500. The number of hydrogen-bond acceptors (Lipinski definition) is 6. The first-order chi connectivity index (χ1) is 14.5. The number of carbonyl (C=O) groups is 2. The van der Waals surface area contributed by atoms with Gasteiger partial charge < -0.3 is 19.9 Å². The van der Waals surface area contributed by atoms with E-state index < -0.39 is 0 Å². The molecular formula is C22H28N4O3S. The van der Waals surface area contributed by atoms with Crippen LogP contribution in [0.1, 0.15) is 29.5 Å². The second-order valence-corrected chi connectivity index (χ2v) is 8.93. The molecule has 7 nitrogen and oxygen atoms in total. The Hall–Kier alpha value is -2.61. The molecule has 0 saturated carbocycles. The highest BCUT2D eigenvalue weighted by Gasteiger charge is 2.29. The van der Waals surface area contributed by atoms with Gasteiger partial charge in [-0.25, -0.2) is 4.98 Å². The summed E-state index contributed by atoms with van der Waals surface area (Å²) in [7, 11) is 1.64. The number of methoxy groups -OCH3 is 1. The van der Waals surface area contributed by atoms with Crippen LogP contribution < -0.4 is 15.0 Å². The maximum absolute atomic E-state index is 12.7. The Kier molecular flexibility index (Phi) is 6.22. The van der Waals surface area contributed by atoms with E-state index >= 15 is 0 Å². The van der Waals surface area contributed by atoms with Gasteiger partial charge in [0.2, 0.25) is 11.8 Å². The average Bonchev–Trinajstić information content (AvgIpc) is 3.21. The summed E-state index contributed by atoms with van der Waals surface area (Å²) in [6.07, 6.45) is 2.43. The van der Waals surface area contributed by atoms with Crippen LogP contribution in [0.3, 0.4) is 0 Å². The number of nitrogens with zero attached hydrogens (tertiary/aromatic N) is 3. The van der Waals surface area contributed by atoms with E-state index in [0.717, 1.165) is 67.6 Å². The number of fused-ring (bicyclic) bond motifs is 1. The Morgan fingerprint density at radius 2 is 2.07 bits per heavy atom. The highest BCUT2D eigenvalue weighted by atomic mass is 32.1. The van der Waals surface area contributed by atoms with Crippen LogP contribution >= 0.6 is 11.3 Å². The van der Waals surface area contributed by atoms with Crippen LogP contribution in [0.15, 0.2) is 24.3 Å². The van der Waals surface area contributed by atoms with Crippen molar-refractivity contribution in [1.82, 2.24) is 15.2 Å². The van der Waals surface area contributed by atoms with Crippen molar-refractivity contribution in [1.29, 1.82) is 0 Å². The fourth-order valence-corrected chi connectivity index (χ4v) is 5.29. The number of aromatic nitrogens is 1. The lowest BCUT2D eigenvalue weighted by Gasteiger charge is -2.33. The molecule has 1 N–H and O–H groups in total. The van der Waals surface area contributed by atoms with E-state index in [1.165, 1.54) is 4.88 Å². The minimum absolute atomic E-state index is 0.00836. The zero-order valence-electron chi connectivity index (χ0n) is 17.5. The molecule has 1 saturated heterocycles. The van der Waals surface area contributed by atoms with Crippen LogP contribution in [-0.2, 0) is 29.0 Å². The van der Waals surface area contributed by atoms with E-state index in [4.69, 9.17) is 9.72 Å². The van der Waals surface area contributed by atoms with E-state index in [9.17, 15) is 9.59 Å². The highest BCUT2D eigenvalue weighted by molar-refractivity contribution is 7.15. The number of anilines is 1. The minimum atomic E-state index is -0.00836. The van der Waals surface area contributed by atoms with E-state index in [1.54, 1.807) is 25.4 Å². The molecule has 2 aliphatic rings. The summed E-state index contributed by atoms with van der Waals surface area (Å²) in [5.41, 5.74) is 2.17. The Bertz CT molecular complexity index is 921. The molecule has 1 aromatic carbocycles. The van der Waals surface area contributed by atoms with E-state index in [2.05, 4.69) is 10.2 Å². The van der Waals surface area contributed by atoms with E-state index in [1.807, 2.05) is 29.2 Å². The number of nitrogens with one attached hydrogen (secondary N) is 1. The van der Waals surface area contributed by atoms with Crippen molar-refractivity contribution in [2.75, 3.05) is 38.2 Å². The molecule has 1 aromatic heterocycles. The maximum Gasteiger partial charge on any atom is 0.223 e. The summed E-state index contributed by atoms with van der Waals surface area (Å²) in [5.74, 6) is 1.03. The first-order valence-electron chi connectivity index (χ1n) is 10.4. The van der Waals surface area contributed by atoms with E-state index in [-0.39, 0.29) is 17.7 Å². The second-order valence-electron chi connectivity index (χ2n) is 7.87. The van der Waals surface area contributed by atoms with Gasteiger partial charge in [0.1, 0.15) is 5.75 Å². The average molecular weight is 429 g/mol. The van der Waals surface area contributed by atoms with Crippen molar-refractivity contribution in [3.05, 3.63) is 40.4 Å². The molecule has 8 heteroatoms. The van der Waals surface area contributed by atoms with Gasteiger partial charge in [-0.15, -0.1) is 11.3 Å². The summed E-state index contributed by atoms with van der Waals surface area (Å²) in [5, 5.41) is 4.11. The van der Waals surface area contributed by atoms with Crippen molar-refractivity contribution in [2.45, 2.75) is 32.7 Å². The van der Waals surface area contributed by atoms with Crippen molar-refractivity contribution >= 4 is 28.3 Å². The third-order valence-electron chi connectivity index (χ3n) is 5.90. The van der Waals surface area contributed by atoms with Crippen LogP contribution in [0.5, 0.6) is 5.75 Å². The standard InChI is InChI=1S/C22H28N4O3S/c1-15(27)25-8-10-26(11-9-25)22-24-19-7-6-17(13-20(19)30-22)21(28)23-14-16-4-3-5-18(12-16)29-2/h3-5,12,17H,6-11,13-14H2,1-2H3,(H,23,28)/t17-/m1/s1. The number of amides is 2. The first-order valence-corrected chi connectivity index (χ1v) is 11.2. The van der Waals surface area contributed by atoms with Gasteiger partial charge in [0.15, 0.2) is 5.13 Å². The molecule has 1 atom stereocenters. The molecule has 0 spiro atoms. The summed E-state index contributed by atoms with van der Waals surface area (Å²) in [6.45, 7) is 5.25. The lowest BCUT2D eigenvalue weighted by molar-refractivity contribution is -0.129. The number of benzene rings is 1. The Morgan fingerprint density at radius 3 is 2.80 bits per heavy atom. The van der Waals surface area contributed by atoms with Crippen molar-refractivity contribution < 1.29 is 14.3 Å². The van der Waals surface area contributed by atoms with Gasteiger partial charge >= 0.3 is 0 Å². The number of rotatable bonds is 5. The van der Waals surface area contributed by atoms with Crippen molar-refractivity contribution in [3.63, 3.8) is 0 Å². The molecule has 1 aliphatic carbocycles. The smallest absolute Gasteiger partial charge is 0.223 e. The quantitative estimate of drug-likeness (QED) is 0.791. The zero-order valence-corrected chi connectivity index (χ0v) is 18.3. The molecule has 160 valence electrons. The number of carbonyl (C=O) groups excluding carboxylic acids is 2. The normalized spacial score (nSPS) is 18.7. The first kappa shape index (κ1) is 20.7. The van der Waals surface area contributed by atoms with Crippen LogP contribution in [0, 0.1) is 5.92 Å². The number of hydrogen-bond donors (Lipinski definition) is 1. The summed E-state index contributed by atoms with van der Waals surface area (Å²) < 4.78 is 5.25. The van der Waals surface area contributed by atoms with Gasteiger partial charge in [0.05, 0.1) is 12.8 Å². The van der Waals surface area contributed by atoms with Crippen LogP contribution in [0.2, 0.25) is 0 Å². The molecule has 0 radical (unpaired) electrons. The Labute approximate surface area is 181 Å². The molecule has 0 unspecified atom stereocenters. The predicted molar refractivity (Wildman–Crippen MR) is 117 cm³/mol. The number of aryl methyl sites for hydroxylation is 1. The van der Waals surface area contributed by atoms with Gasteiger partial charge in [0.25, 0.3) is 0 Å². The van der Waals surface area contributed by atoms with Gasteiger partial charge in [-0.3, -0.25) is 9.59 Å². The van der Waals surface area contributed by atoms with Gasteiger partial charge in [-0.1, -0.05) is 12.1 Å². The van der Waals surface area contributed by atoms with Gasteiger partial charge in [-0.2, -0.15) is 0 Å². The molecular weight excluding hydrogens is 400 g/mol. The molecule has 2 amide bonds. The van der Waals surface area contributed by atoms with Crippen molar-refractivity contribution in [3.8, 4) is 5.75 Å². The third kappa shape index (κ3) is 4.59. The number of ether oxygens (including phenoxy) is 1. The topological polar surface area (TPSA) is 74.8 Å². The molecule has 2 heterocycles. The monoisotopic (exact) mass is 428 g/mol. The Balaban J connectivity index is 1.33. The van der Waals surface area contributed by atoms with Gasteiger partial charge in [0, 0.05) is 50.4 Å². The molecule has 2 aromatic rings.